The number of hydrogen-bond acceptors (Lipinski definition) is 1. The number of hydrogen-bond donors (Lipinski definition) is 0. The van der Waals surface area contributed by atoms with Crippen molar-refractivity contribution in [1.82, 2.24) is 0 Å². The van der Waals surface area contributed by atoms with Gasteiger partial charge in [-0.2, -0.15) is 0 Å². The highest BCUT2D eigenvalue weighted by atomic mass is 16.3. The predicted octanol–water partition coefficient (Wildman–Crippen LogP) is 0.642. The molecule has 0 aromatic carbocycles. The zero-order chi connectivity index (χ0) is 5.70. The highest BCUT2D eigenvalue weighted by molar-refractivity contribution is 5.49. The number of carbonyl (C=O) groups excluding carboxylic acids is 1. The van der Waals surface area contributed by atoms with Gasteiger partial charge in [0.1, 0.15) is 6.29 Å². The summed E-state index contributed by atoms with van der Waals surface area (Å²) in [7, 11) is 0. The zero-order valence-corrected chi connectivity index (χ0v) is 4.39. The summed E-state index contributed by atoms with van der Waals surface area (Å²) < 4.78 is 0. The van der Waals surface area contributed by atoms with Crippen LogP contribution in [-0.2, 0) is 9.90 Å². The van der Waals surface area contributed by atoms with Gasteiger partial charge < -0.3 is 4.79 Å². The minimum absolute atomic E-state index is 0.0255. The molecule has 41 valence electrons. The smallest absolute Gasteiger partial charge is 0.120 e. The van der Waals surface area contributed by atoms with Crippen LogP contribution in [0, 0.1) is 5.92 Å². The first-order valence-electron chi connectivity index (χ1n) is 2.33. The van der Waals surface area contributed by atoms with E-state index in [0.717, 1.165) is 6.29 Å². The van der Waals surface area contributed by atoms with Crippen LogP contribution in [0.3, 0.4) is 0 Å². The molecule has 0 saturated carbocycles. The first-order chi connectivity index (χ1) is 3.31. The lowest BCUT2D eigenvalue weighted by atomic mass is 10.1. The van der Waals surface area contributed by atoms with E-state index in [4.69, 9.17) is 0 Å². The maximum atomic E-state index is 9.86. The highest BCUT2D eigenvalue weighted by Crippen LogP contribution is 1.94. The molecule has 0 rings (SSSR count). The molecule has 0 spiro atoms. The maximum absolute atomic E-state index is 9.86. The zero-order valence-electron chi connectivity index (χ0n) is 4.39. The van der Waals surface area contributed by atoms with Crippen molar-refractivity contribution in [3.8, 4) is 0 Å². The van der Waals surface area contributed by atoms with Crippen LogP contribution < -0.4 is 0 Å². The molecule has 2 heteroatoms. The molecule has 0 aliphatic heterocycles. The predicted molar refractivity (Wildman–Crippen MR) is 25.4 cm³/mol. The van der Waals surface area contributed by atoms with Crippen LogP contribution in [0.4, 0.5) is 0 Å². The van der Waals surface area contributed by atoms with E-state index in [1.54, 1.807) is 6.92 Å². The van der Waals surface area contributed by atoms with Crippen molar-refractivity contribution in [2.75, 3.05) is 6.61 Å². The van der Waals surface area contributed by atoms with Gasteiger partial charge in [-0.25, -0.2) is 5.11 Å². The molecule has 0 aromatic heterocycles. The van der Waals surface area contributed by atoms with Crippen LogP contribution in [-0.4, -0.2) is 12.9 Å². The Morgan fingerprint density at radius 2 is 2.29 bits per heavy atom. The number of rotatable bonds is 3. The van der Waals surface area contributed by atoms with Crippen molar-refractivity contribution in [2.24, 2.45) is 5.92 Å². The van der Waals surface area contributed by atoms with Crippen LogP contribution in [0.25, 0.3) is 0 Å². The van der Waals surface area contributed by atoms with Gasteiger partial charge in [0, 0.05) is 6.42 Å². The maximum Gasteiger partial charge on any atom is 0.120 e. The van der Waals surface area contributed by atoms with Gasteiger partial charge in [-0.15, -0.1) is 0 Å². The molecular weight excluding hydrogens is 92.1 g/mol. The lowest BCUT2D eigenvalue weighted by molar-refractivity contribution is -0.108. The van der Waals surface area contributed by atoms with Gasteiger partial charge in [0.05, 0.1) is 6.61 Å². The average Bonchev–Trinajstić information content (AvgIpc) is 1.68. The van der Waals surface area contributed by atoms with Crippen LogP contribution in [0.5, 0.6) is 0 Å². The van der Waals surface area contributed by atoms with Gasteiger partial charge in [-0.05, 0) is 5.92 Å². The fraction of sp³-hybridized carbons (Fsp3) is 0.800. The Morgan fingerprint density at radius 3 is 2.43 bits per heavy atom. The minimum Gasteiger partial charge on any atom is -0.303 e. The molecule has 1 atom stereocenters. The lowest BCUT2D eigenvalue weighted by Crippen LogP contribution is -1.98. The van der Waals surface area contributed by atoms with Crippen molar-refractivity contribution < 1.29 is 9.90 Å². The van der Waals surface area contributed by atoms with Gasteiger partial charge in [-0.1, -0.05) is 6.92 Å². The van der Waals surface area contributed by atoms with Crippen molar-refractivity contribution in [3.63, 3.8) is 0 Å². The molecule has 1 unspecified atom stereocenters. The summed E-state index contributed by atoms with van der Waals surface area (Å²) in [6.07, 6.45) is 1.19. The monoisotopic (exact) mass is 101 g/mol. The van der Waals surface area contributed by atoms with E-state index in [9.17, 15) is 9.90 Å². The SMILES string of the molecule is CC(C[O])CC=O. The standard InChI is InChI=1S/C5H9O2/c1-5(4-7)2-3-6/h3,5H,2,4H2,1H3. The highest BCUT2D eigenvalue weighted by Gasteiger charge is 1.95. The largest absolute Gasteiger partial charge is 0.303 e. The van der Waals surface area contributed by atoms with E-state index in [2.05, 4.69) is 0 Å². The summed E-state index contributed by atoms with van der Waals surface area (Å²) >= 11 is 0. The summed E-state index contributed by atoms with van der Waals surface area (Å²) in [6, 6.07) is 0. The first-order valence-corrected chi connectivity index (χ1v) is 2.33. The molecule has 0 aliphatic carbocycles. The molecule has 0 aliphatic rings. The molecular formula is C5H9O2. The first kappa shape index (κ1) is 6.63. The van der Waals surface area contributed by atoms with E-state index in [0.29, 0.717) is 6.42 Å². The summed E-state index contributed by atoms with van der Waals surface area (Å²) in [4.78, 5) is 9.64. The van der Waals surface area contributed by atoms with Gasteiger partial charge >= 0.3 is 0 Å². The van der Waals surface area contributed by atoms with Gasteiger partial charge in [0.2, 0.25) is 0 Å². The second kappa shape index (κ2) is 3.81. The van der Waals surface area contributed by atoms with E-state index < -0.39 is 0 Å². The Bertz CT molecular complexity index is 52.0. The summed E-state index contributed by atoms with van der Waals surface area (Å²) in [5.74, 6) is 0.0255. The molecule has 0 amide bonds. The molecule has 0 bridgehead atoms. The number of aldehydes is 1. The minimum atomic E-state index is -0.140. The summed E-state index contributed by atoms with van der Waals surface area (Å²) in [5.41, 5.74) is 0. The Balaban J connectivity index is 2.98. The molecule has 0 saturated heterocycles. The molecule has 0 aromatic rings. The van der Waals surface area contributed by atoms with E-state index in [1.165, 1.54) is 0 Å². The topological polar surface area (TPSA) is 37.0 Å². The van der Waals surface area contributed by atoms with Gasteiger partial charge in [-0.3, -0.25) is 0 Å². The van der Waals surface area contributed by atoms with Crippen LogP contribution in [0.1, 0.15) is 13.3 Å². The van der Waals surface area contributed by atoms with E-state index >= 15 is 0 Å². The van der Waals surface area contributed by atoms with Crippen molar-refractivity contribution >= 4 is 6.29 Å². The molecule has 0 fully saturated rings. The number of carbonyl (C=O) groups is 1. The van der Waals surface area contributed by atoms with Gasteiger partial charge in [0.15, 0.2) is 0 Å². The quantitative estimate of drug-likeness (QED) is 0.480. The van der Waals surface area contributed by atoms with E-state index in [1.807, 2.05) is 0 Å². The molecule has 2 nitrogen and oxygen atoms in total. The molecule has 1 radical (unpaired) electrons. The summed E-state index contributed by atoms with van der Waals surface area (Å²) in [5, 5.41) is 9.86. The third kappa shape index (κ3) is 3.46. The fourth-order valence-electron chi connectivity index (χ4n) is 0.232. The Hall–Kier alpha value is -0.370. The fourth-order valence-corrected chi connectivity index (χ4v) is 0.232. The third-order valence-corrected chi connectivity index (χ3v) is 0.783. The molecule has 0 heterocycles. The Labute approximate surface area is 43.2 Å². The normalized spacial score (nSPS) is 13.4. The van der Waals surface area contributed by atoms with Crippen LogP contribution in [0.15, 0.2) is 0 Å². The summed E-state index contributed by atoms with van der Waals surface area (Å²) in [6.45, 7) is 1.63. The Kier molecular flexibility index (Phi) is 3.61. The van der Waals surface area contributed by atoms with Crippen molar-refractivity contribution in [1.29, 1.82) is 0 Å². The van der Waals surface area contributed by atoms with E-state index in [-0.39, 0.29) is 12.5 Å². The lowest BCUT2D eigenvalue weighted by Gasteiger charge is -1.95. The second-order valence-electron chi connectivity index (χ2n) is 1.67. The van der Waals surface area contributed by atoms with Crippen molar-refractivity contribution in [3.05, 3.63) is 0 Å². The van der Waals surface area contributed by atoms with Crippen LogP contribution >= 0.6 is 0 Å². The molecule has 0 N–H and O–H groups in total. The van der Waals surface area contributed by atoms with Gasteiger partial charge in [0.25, 0.3) is 0 Å². The third-order valence-electron chi connectivity index (χ3n) is 0.783. The van der Waals surface area contributed by atoms with Crippen molar-refractivity contribution in [2.45, 2.75) is 13.3 Å². The molecule has 7 heavy (non-hydrogen) atoms. The Morgan fingerprint density at radius 1 is 1.71 bits per heavy atom. The second-order valence-corrected chi connectivity index (χ2v) is 1.67. The average molecular weight is 101 g/mol. The van der Waals surface area contributed by atoms with Crippen LogP contribution in [0.2, 0.25) is 0 Å².